The van der Waals surface area contributed by atoms with Gasteiger partial charge >= 0.3 is 0 Å². The number of aliphatic hydroxyl groups is 1. The first-order chi connectivity index (χ1) is 4.84. The Morgan fingerprint density at radius 3 is 3.00 bits per heavy atom. The summed E-state index contributed by atoms with van der Waals surface area (Å²) in [4.78, 5) is 0. The van der Waals surface area contributed by atoms with Crippen LogP contribution in [0.15, 0.2) is 23.0 Å². The SMILES string of the molecule is O[C@H](CCCl)c1ccoc1. The molecular formula is C7H9ClO2. The quantitative estimate of drug-likeness (QED) is 0.686. The Balaban J connectivity index is 2.50. The minimum Gasteiger partial charge on any atom is -0.472 e. The molecule has 2 nitrogen and oxygen atoms in total. The molecule has 0 aliphatic carbocycles. The molecule has 1 aromatic rings. The average Bonchev–Trinajstić information content (AvgIpc) is 2.38. The van der Waals surface area contributed by atoms with E-state index in [9.17, 15) is 5.11 Å². The van der Waals surface area contributed by atoms with Crippen molar-refractivity contribution >= 4 is 11.6 Å². The lowest BCUT2D eigenvalue weighted by Crippen LogP contribution is -1.95. The van der Waals surface area contributed by atoms with Gasteiger partial charge in [-0.3, -0.25) is 0 Å². The molecule has 10 heavy (non-hydrogen) atoms. The van der Waals surface area contributed by atoms with Crippen molar-refractivity contribution in [1.29, 1.82) is 0 Å². The molecule has 0 amide bonds. The fraction of sp³-hybridized carbons (Fsp3) is 0.429. The minimum atomic E-state index is -0.476. The maximum absolute atomic E-state index is 9.26. The predicted octanol–water partition coefficient (Wildman–Crippen LogP) is 1.94. The molecule has 1 rings (SSSR count). The van der Waals surface area contributed by atoms with Gasteiger partial charge in [-0.05, 0) is 12.5 Å². The van der Waals surface area contributed by atoms with Crippen molar-refractivity contribution in [3.63, 3.8) is 0 Å². The van der Waals surface area contributed by atoms with E-state index in [2.05, 4.69) is 0 Å². The van der Waals surface area contributed by atoms with Gasteiger partial charge in [0.15, 0.2) is 0 Å². The summed E-state index contributed by atoms with van der Waals surface area (Å²) in [5.74, 6) is 0.465. The van der Waals surface area contributed by atoms with Gasteiger partial charge in [-0.25, -0.2) is 0 Å². The number of halogens is 1. The highest BCUT2D eigenvalue weighted by Crippen LogP contribution is 2.16. The lowest BCUT2D eigenvalue weighted by atomic mass is 10.1. The summed E-state index contributed by atoms with van der Waals surface area (Å²) < 4.78 is 4.78. The summed E-state index contributed by atoms with van der Waals surface area (Å²) in [5.41, 5.74) is 0.792. The topological polar surface area (TPSA) is 33.4 Å². The first-order valence-corrected chi connectivity index (χ1v) is 3.64. The van der Waals surface area contributed by atoms with Crippen molar-refractivity contribution < 1.29 is 9.52 Å². The molecule has 0 saturated heterocycles. The van der Waals surface area contributed by atoms with E-state index in [1.165, 1.54) is 12.5 Å². The Labute approximate surface area is 64.4 Å². The molecule has 3 heteroatoms. The van der Waals surface area contributed by atoms with Crippen LogP contribution in [0.5, 0.6) is 0 Å². The van der Waals surface area contributed by atoms with Gasteiger partial charge in [-0.1, -0.05) is 0 Å². The Morgan fingerprint density at radius 1 is 1.70 bits per heavy atom. The van der Waals surface area contributed by atoms with Crippen LogP contribution in [0.2, 0.25) is 0 Å². The second-order valence-corrected chi connectivity index (χ2v) is 2.43. The van der Waals surface area contributed by atoms with Crippen molar-refractivity contribution in [3.05, 3.63) is 24.2 Å². The predicted molar refractivity (Wildman–Crippen MR) is 39.0 cm³/mol. The molecule has 0 aliphatic rings. The maximum Gasteiger partial charge on any atom is 0.0960 e. The van der Waals surface area contributed by atoms with Gasteiger partial charge in [0.25, 0.3) is 0 Å². The van der Waals surface area contributed by atoms with Crippen LogP contribution >= 0.6 is 11.6 Å². The molecule has 0 spiro atoms. The normalized spacial score (nSPS) is 13.4. The average molecular weight is 161 g/mol. The Kier molecular flexibility index (Phi) is 2.78. The monoisotopic (exact) mass is 160 g/mol. The van der Waals surface area contributed by atoms with Crippen LogP contribution in [0.3, 0.4) is 0 Å². The summed E-state index contributed by atoms with van der Waals surface area (Å²) in [7, 11) is 0. The number of furan rings is 1. The largest absolute Gasteiger partial charge is 0.472 e. The fourth-order valence-electron chi connectivity index (χ4n) is 0.735. The molecule has 1 aromatic heterocycles. The first-order valence-electron chi connectivity index (χ1n) is 3.10. The number of aliphatic hydroxyl groups excluding tert-OH is 1. The van der Waals surface area contributed by atoms with Crippen LogP contribution < -0.4 is 0 Å². The van der Waals surface area contributed by atoms with Gasteiger partial charge in [-0.15, -0.1) is 11.6 Å². The van der Waals surface area contributed by atoms with E-state index in [0.717, 1.165) is 5.56 Å². The summed E-state index contributed by atoms with van der Waals surface area (Å²) in [6.45, 7) is 0. The van der Waals surface area contributed by atoms with E-state index in [1.807, 2.05) is 0 Å². The number of alkyl halides is 1. The Bertz CT molecular complexity index is 172. The molecule has 56 valence electrons. The van der Waals surface area contributed by atoms with Crippen LogP contribution in [0, 0.1) is 0 Å². The molecule has 1 atom stereocenters. The zero-order valence-electron chi connectivity index (χ0n) is 5.46. The van der Waals surface area contributed by atoms with Crippen LogP contribution in [0.25, 0.3) is 0 Å². The van der Waals surface area contributed by atoms with Gasteiger partial charge in [0.05, 0.1) is 18.6 Å². The van der Waals surface area contributed by atoms with Gasteiger partial charge in [0.1, 0.15) is 0 Å². The van der Waals surface area contributed by atoms with Crippen molar-refractivity contribution in [2.45, 2.75) is 12.5 Å². The Hall–Kier alpha value is -0.470. The van der Waals surface area contributed by atoms with Crippen LogP contribution in [0.1, 0.15) is 18.1 Å². The molecule has 0 aliphatic heterocycles. The molecule has 0 unspecified atom stereocenters. The van der Waals surface area contributed by atoms with Crippen molar-refractivity contribution in [1.82, 2.24) is 0 Å². The lowest BCUT2D eigenvalue weighted by Gasteiger charge is -2.03. The highest BCUT2D eigenvalue weighted by Gasteiger charge is 2.06. The molecule has 0 radical (unpaired) electrons. The number of rotatable bonds is 3. The molecule has 0 saturated carbocycles. The number of hydrogen-bond acceptors (Lipinski definition) is 2. The number of hydrogen-bond donors (Lipinski definition) is 1. The van der Waals surface area contributed by atoms with E-state index in [0.29, 0.717) is 12.3 Å². The van der Waals surface area contributed by atoms with Crippen LogP contribution in [-0.4, -0.2) is 11.0 Å². The summed E-state index contributed by atoms with van der Waals surface area (Å²) in [5, 5.41) is 9.26. The first kappa shape index (κ1) is 7.63. The van der Waals surface area contributed by atoms with Gasteiger partial charge < -0.3 is 9.52 Å². The van der Waals surface area contributed by atoms with E-state index >= 15 is 0 Å². The smallest absolute Gasteiger partial charge is 0.0960 e. The van der Waals surface area contributed by atoms with Crippen molar-refractivity contribution in [2.75, 3.05) is 5.88 Å². The fourth-order valence-corrected chi connectivity index (χ4v) is 0.941. The second kappa shape index (κ2) is 3.64. The second-order valence-electron chi connectivity index (χ2n) is 2.05. The van der Waals surface area contributed by atoms with Crippen molar-refractivity contribution in [3.8, 4) is 0 Å². The van der Waals surface area contributed by atoms with Crippen molar-refractivity contribution in [2.24, 2.45) is 0 Å². The van der Waals surface area contributed by atoms with Gasteiger partial charge in [0, 0.05) is 11.4 Å². The minimum absolute atomic E-state index is 0.465. The van der Waals surface area contributed by atoms with E-state index in [1.54, 1.807) is 6.07 Å². The third-order valence-corrected chi connectivity index (χ3v) is 1.53. The van der Waals surface area contributed by atoms with Crippen LogP contribution in [-0.2, 0) is 0 Å². The third-order valence-electron chi connectivity index (χ3n) is 1.31. The molecule has 0 bridgehead atoms. The Morgan fingerprint density at radius 2 is 2.50 bits per heavy atom. The lowest BCUT2D eigenvalue weighted by molar-refractivity contribution is 0.174. The molecule has 1 N–H and O–H groups in total. The summed E-state index contributed by atoms with van der Waals surface area (Å²) in [6.07, 6.45) is 3.15. The zero-order valence-corrected chi connectivity index (χ0v) is 6.21. The van der Waals surface area contributed by atoms with Gasteiger partial charge in [-0.2, -0.15) is 0 Å². The third kappa shape index (κ3) is 1.75. The summed E-state index contributed by atoms with van der Waals surface area (Å²) in [6, 6.07) is 1.73. The van der Waals surface area contributed by atoms with E-state index < -0.39 is 6.10 Å². The standard InChI is InChI=1S/C7H9ClO2/c8-3-1-7(9)6-2-4-10-5-6/h2,4-5,7,9H,1,3H2/t7-/m1/s1. The van der Waals surface area contributed by atoms with E-state index in [-0.39, 0.29) is 0 Å². The highest BCUT2D eigenvalue weighted by molar-refractivity contribution is 6.17. The molecular weight excluding hydrogens is 152 g/mol. The maximum atomic E-state index is 9.26. The van der Waals surface area contributed by atoms with E-state index in [4.69, 9.17) is 16.0 Å². The summed E-state index contributed by atoms with van der Waals surface area (Å²) >= 11 is 5.42. The molecule has 0 aromatic carbocycles. The molecule has 0 fully saturated rings. The highest BCUT2D eigenvalue weighted by atomic mass is 35.5. The zero-order chi connectivity index (χ0) is 7.40. The molecule has 1 heterocycles. The van der Waals surface area contributed by atoms with Crippen LogP contribution in [0.4, 0.5) is 0 Å². The van der Waals surface area contributed by atoms with Gasteiger partial charge in [0.2, 0.25) is 0 Å².